The molecule has 2 aromatic rings. The number of rotatable bonds is 3. The molecule has 0 aromatic carbocycles. The molecule has 3 nitrogen and oxygen atoms in total. The fourth-order valence-corrected chi connectivity index (χ4v) is 1.72. The molecule has 0 bridgehead atoms. The highest BCUT2D eigenvalue weighted by Gasteiger charge is 2.04. The Hall–Kier alpha value is -1.64. The van der Waals surface area contributed by atoms with Crippen molar-refractivity contribution in [3.8, 4) is 11.4 Å². The van der Waals surface area contributed by atoms with Crippen molar-refractivity contribution < 1.29 is 0 Å². The van der Waals surface area contributed by atoms with Gasteiger partial charge in [0.2, 0.25) is 0 Å². The number of hydrogen-bond donors (Lipinski definition) is 1. The summed E-state index contributed by atoms with van der Waals surface area (Å²) in [4.78, 5) is 4.43. The van der Waals surface area contributed by atoms with E-state index in [1.165, 1.54) is 5.56 Å². The van der Waals surface area contributed by atoms with E-state index in [9.17, 15) is 0 Å². The van der Waals surface area contributed by atoms with E-state index < -0.39 is 0 Å². The number of aromatic nitrogens is 3. The third-order valence-corrected chi connectivity index (χ3v) is 2.44. The van der Waals surface area contributed by atoms with Gasteiger partial charge in [0.05, 0.1) is 5.69 Å². The van der Waals surface area contributed by atoms with Gasteiger partial charge in [-0.2, -0.15) is 5.10 Å². The molecule has 0 radical (unpaired) electrons. The van der Waals surface area contributed by atoms with Crippen molar-refractivity contribution in [3.05, 3.63) is 35.7 Å². The van der Waals surface area contributed by atoms with Gasteiger partial charge in [0.25, 0.3) is 0 Å². The summed E-state index contributed by atoms with van der Waals surface area (Å²) in [5.74, 6) is 0.667. The summed E-state index contributed by atoms with van der Waals surface area (Å²) in [5, 5.41) is 7.11. The molecule has 3 heteroatoms. The first kappa shape index (κ1) is 10.9. The lowest BCUT2D eigenvalue weighted by Crippen LogP contribution is -1.95. The summed E-state index contributed by atoms with van der Waals surface area (Å²) >= 11 is 0. The maximum Gasteiger partial charge on any atom is 0.111 e. The number of aryl methyl sites for hydroxylation is 1. The van der Waals surface area contributed by atoms with E-state index in [4.69, 9.17) is 0 Å². The Bertz CT molecular complexity index is 454. The minimum Gasteiger partial charge on any atom is -0.282 e. The van der Waals surface area contributed by atoms with Crippen molar-refractivity contribution in [2.24, 2.45) is 5.92 Å². The maximum absolute atomic E-state index is 4.43. The molecule has 0 unspecified atom stereocenters. The predicted octanol–water partition coefficient (Wildman–Crippen LogP) is 2.98. The van der Waals surface area contributed by atoms with E-state index in [0.717, 1.165) is 23.5 Å². The Morgan fingerprint density at radius 1 is 1.25 bits per heavy atom. The molecule has 2 heterocycles. The molecule has 0 amide bonds. The minimum absolute atomic E-state index is 0.667. The fourth-order valence-electron chi connectivity index (χ4n) is 1.72. The van der Waals surface area contributed by atoms with E-state index in [-0.39, 0.29) is 0 Å². The van der Waals surface area contributed by atoms with Crippen molar-refractivity contribution in [2.75, 3.05) is 0 Å². The lowest BCUT2D eigenvalue weighted by Gasteiger charge is -2.04. The zero-order valence-electron chi connectivity index (χ0n) is 9.99. The first-order valence-electron chi connectivity index (χ1n) is 5.62. The summed E-state index contributed by atoms with van der Waals surface area (Å²) < 4.78 is 0. The molecule has 0 atom stereocenters. The van der Waals surface area contributed by atoms with Gasteiger partial charge in [-0.1, -0.05) is 19.9 Å². The molecule has 16 heavy (non-hydrogen) atoms. The third kappa shape index (κ3) is 2.48. The van der Waals surface area contributed by atoms with Crippen molar-refractivity contribution in [1.29, 1.82) is 0 Å². The highest BCUT2D eigenvalue weighted by atomic mass is 15.1. The predicted molar refractivity (Wildman–Crippen MR) is 65.1 cm³/mol. The first-order chi connectivity index (χ1) is 7.65. The maximum atomic E-state index is 4.43. The molecule has 0 spiro atoms. The second kappa shape index (κ2) is 4.47. The van der Waals surface area contributed by atoms with Crippen LogP contribution in [0.15, 0.2) is 24.4 Å². The van der Waals surface area contributed by atoms with Crippen LogP contribution in [0.2, 0.25) is 0 Å². The smallest absolute Gasteiger partial charge is 0.111 e. The summed E-state index contributed by atoms with van der Waals surface area (Å²) in [6, 6.07) is 6.17. The minimum atomic E-state index is 0.667. The number of hydrogen-bond acceptors (Lipinski definition) is 2. The molecule has 0 aliphatic heterocycles. The summed E-state index contributed by atoms with van der Waals surface area (Å²) in [6.45, 7) is 6.42. The second-order valence-electron chi connectivity index (χ2n) is 4.59. The van der Waals surface area contributed by atoms with Gasteiger partial charge >= 0.3 is 0 Å². The summed E-state index contributed by atoms with van der Waals surface area (Å²) in [7, 11) is 0. The lowest BCUT2D eigenvalue weighted by molar-refractivity contribution is 0.646. The van der Waals surface area contributed by atoms with Crippen LogP contribution in [-0.2, 0) is 6.42 Å². The van der Waals surface area contributed by atoms with Crippen LogP contribution in [0.4, 0.5) is 0 Å². The Morgan fingerprint density at radius 2 is 2.06 bits per heavy atom. The number of H-pyrrole nitrogens is 1. The van der Waals surface area contributed by atoms with E-state index >= 15 is 0 Å². The Labute approximate surface area is 95.9 Å². The normalized spacial score (nSPS) is 11.0. The van der Waals surface area contributed by atoms with Crippen LogP contribution in [0.1, 0.15) is 25.1 Å². The van der Waals surface area contributed by atoms with E-state index in [2.05, 4.69) is 35.1 Å². The molecule has 1 N–H and O–H groups in total. The molecule has 0 saturated heterocycles. The first-order valence-corrected chi connectivity index (χ1v) is 5.62. The average molecular weight is 215 g/mol. The molecule has 84 valence electrons. The molecular weight excluding hydrogens is 198 g/mol. The van der Waals surface area contributed by atoms with Crippen LogP contribution in [0, 0.1) is 12.8 Å². The number of nitrogens with one attached hydrogen (secondary N) is 1. The molecule has 0 aliphatic rings. The molecule has 0 saturated carbocycles. The highest BCUT2D eigenvalue weighted by Crippen LogP contribution is 2.16. The van der Waals surface area contributed by atoms with Gasteiger partial charge in [0.15, 0.2) is 0 Å². The zero-order chi connectivity index (χ0) is 11.5. The second-order valence-corrected chi connectivity index (χ2v) is 4.59. The van der Waals surface area contributed by atoms with Crippen molar-refractivity contribution >= 4 is 0 Å². The number of nitrogens with zero attached hydrogens (tertiary/aromatic N) is 2. The molecule has 2 rings (SSSR count). The Kier molecular flexibility index (Phi) is 3.04. The van der Waals surface area contributed by atoms with Gasteiger partial charge in [0, 0.05) is 11.9 Å². The summed E-state index contributed by atoms with van der Waals surface area (Å²) in [6.07, 6.45) is 3.02. The van der Waals surface area contributed by atoms with Gasteiger partial charge in [-0.25, -0.2) is 0 Å². The average Bonchev–Trinajstić information content (AvgIpc) is 2.65. The third-order valence-electron chi connectivity index (χ3n) is 2.44. The number of pyridine rings is 1. The molecule has 0 fully saturated rings. The molecule has 2 aromatic heterocycles. The zero-order valence-corrected chi connectivity index (χ0v) is 9.99. The lowest BCUT2D eigenvalue weighted by atomic mass is 10.0. The van der Waals surface area contributed by atoms with Crippen LogP contribution >= 0.6 is 0 Å². The SMILES string of the molecule is Cc1cc(-c2ccc(CC(C)C)cn2)n[nH]1. The van der Waals surface area contributed by atoms with Crippen LogP contribution in [0.3, 0.4) is 0 Å². The van der Waals surface area contributed by atoms with Gasteiger partial charge in [-0.3, -0.25) is 10.1 Å². The van der Waals surface area contributed by atoms with Crippen LogP contribution in [0.25, 0.3) is 11.4 Å². The standard InChI is InChI=1S/C13H17N3/c1-9(2)6-11-4-5-12(14-8-11)13-7-10(3)15-16-13/h4-5,7-9H,6H2,1-3H3,(H,15,16). The quantitative estimate of drug-likeness (QED) is 0.855. The van der Waals surface area contributed by atoms with Gasteiger partial charge in [-0.05, 0) is 37.0 Å². The summed E-state index contributed by atoms with van der Waals surface area (Å²) in [5.41, 5.74) is 4.18. The largest absolute Gasteiger partial charge is 0.282 e. The van der Waals surface area contributed by atoms with Crippen molar-refractivity contribution in [2.45, 2.75) is 27.2 Å². The fraction of sp³-hybridized carbons (Fsp3) is 0.385. The van der Waals surface area contributed by atoms with E-state index in [1.807, 2.05) is 25.3 Å². The molecule has 0 aliphatic carbocycles. The van der Waals surface area contributed by atoms with Gasteiger partial charge < -0.3 is 0 Å². The molecular formula is C13H17N3. The monoisotopic (exact) mass is 215 g/mol. The van der Waals surface area contributed by atoms with Crippen LogP contribution in [-0.4, -0.2) is 15.2 Å². The Balaban J connectivity index is 2.19. The Morgan fingerprint density at radius 3 is 2.56 bits per heavy atom. The van der Waals surface area contributed by atoms with Gasteiger partial charge in [-0.15, -0.1) is 0 Å². The number of aromatic amines is 1. The van der Waals surface area contributed by atoms with E-state index in [1.54, 1.807) is 0 Å². The highest BCUT2D eigenvalue weighted by molar-refractivity contribution is 5.54. The van der Waals surface area contributed by atoms with Crippen molar-refractivity contribution in [3.63, 3.8) is 0 Å². The topological polar surface area (TPSA) is 41.6 Å². The van der Waals surface area contributed by atoms with Gasteiger partial charge in [0.1, 0.15) is 5.69 Å². The van der Waals surface area contributed by atoms with Crippen molar-refractivity contribution in [1.82, 2.24) is 15.2 Å². The van der Waals surface area contributed by atoms with E-state index in [0.29, 0.717) is 5.92 Å². The van der Waals surface area contributed by atoms with Crippen LogP contribution < -0.4 is 0 Å². The van der Waals surface area contributed by atoms with Crippen LogP contribution in [0.5, 0.6) is 0 Å².